The second-order valence-corrected chi connectivity index (χ2v) is 14.7. The predicted molar refractivity (Wildman–Crippen MR) is 206 cm³/mol. The Kier molecular flexibility index (Phi) is 12.6. The molecule has 0 aromatic heterocycles. The van der Waals surface area contributed by atoms with Gasteiger partial charge in [0, 0.05) is 18.9 Å². The summed E-state index contributed by atoms with van der Waals surface area (Å²) in [5.41, 5.74) is 5.75. The van der Waals surface area contributed by atoms with Gasteiger partial charge in [-0.2, -0.15) is 0 Å². The minimum absolute atomic E-state index is 0.0416. The van der Waals surface area contributed by atoms with E-state index in [0.717, 1.165) is 46.2 Å². The first-order valence-electron chi connectivity index (χ1n) is 19.0. The van der Waals surface area contributed by atoms with E-state index in [-0.39, 0.29) is 62.9 Å². The molecule has 1 aliphatic heterocycles. The fourth-order valence-corrected chi connectivity index (χ4v) is 8.20. The minimum atomic E-state index is -0.979. The number of ether oxygens (including phenoxy) is 2. The molecule has 0 unspecified atom stereocenters. The number of nitrogens with one attached hydrogen (secondary N) is 2. The summed E-state index contributed by atoms with van der Waals surface area (Å²) in [6.07, 6.45) is 7.00. The Labute approximate surface area is 317 Å². The normalized spacial score (nSPS) is 17.9. The lowest BCUT2D eigenvalue weighted by Gasteiger charge is -2.37. The van der Waals surface area contributed by atoms with Crippen LogP contribution in [0.5, 0.6) is 0 Å². The summed E-state index contributed by atoms with van der Waals surface area (Å²) in [6.45, 7) is 7.84. The summed E-state index contributed by atoms with van der Waals surface area (Å²) >= 11 is 0. The van der Waals surface area contributed by atoms with Gasteiger partial charge in [-0.15, -0.1) is 13.2 Å². The summed E-state index contributed by atoms with van der Waals surface area (Å²) in [4.78, 5) is 55.9. The van der Waals surface area contributed by atoms with Gasteiger partial charge in [0.25, 0.3) is 0 Å². The Morgan fingerprint density at radius 3 is 2.19 bits per heavy atom. The number of carbonyl (C=O) groups is 4. The number of fused-ring (bicyclic) bond motifs is 4. The highest BCUT2D eigenvalue weighted by molar-refractivity contribution is 5.87. The van der Waals surface area contributed by atoms with Gasteiger partial charge >= 0.3 is 12.1 Å². The maximum Gasteiger partial charge on any atom is 0.407 e. The fraction of sp³-hybridized carbons (Fsp3) is 0.409. The number of nitrogens with zero attached hydrogens (tertiary/aromatic N) is 1. The number of esters is 1. The summed E-state index contributed by atoms with van der Waals surface area (Å²) < 4.78 is 11.6. The van der Waals surface area contributed by atoms with Crippen LogP contribution in [-0.2, 0) is 36.8 Å². The largest absolute Gasteiger partial charge is 0.462 e. The van der Waals surface area contributed by atoms with Crippen molar-refractivity contribution in [2.75, 3.05) is 19.8 Å². The summed E-state index contributed by atoms with van der Waals surface area (Å²) in [6, 6.07) is 22.7. The van der Waals surface area contributed by atoms with Crippen molar-refractivity contribution in [3.63, 3.8) is 0 Å². The molecule has 10 nitrogen and oxygen atoms in total. The fourth-order valence-electron chi connectivity index (χ4n) is 8.20. The van der Waals surface area contributed by atoms with Crippen LogP contribution in [0.4, 0.5) is 4.79 Å². The van der Waals surface area contributed by atoms with Crippen LogP contribution in [0.15, 0.2) is 98.1 Å². The molecule has 3 aromatic carbocycles. The summed E-state index contributed by atoms with van der Waals surface area (Å²) in [5, 5.41) is 16.0. The number of aliphatic hydroxyl groups is 1. The first-order chi connectivity index (χ1) is 26.3. The average Bonchev–Trinajstić information content (AvgIpc) is 3.79. The molecule has 3 N–H and O–H groups in total. The lowest BCUT2D eigenvalue weighted by Crippen LogP contribution is -2.54. The van der Waals surface area contributed by atoms with Crippen molar-refractivity contribution < 1.29 is 33.8 Å². The van der Waals surface area contributed by atoms with Crippen LogP contribution in [0.25, 0.3) is 11.1 Å². The third kappa shape index (κ3) is 8.76. The molecule has 0 bridgehead atoms. The number of allylic oxidation sites excluding steroid dienone is 2. The molecule has 10 heteroatoms. The molecular weight excluding hydrogens is 682 g/mol. The van der Waals surface area contributed by atoms with Crippen LogP contribution in [0.2, 0.25) is 0 Å². The second-order valence-electron chi connectivity index (χ2n) is 14.7. The molecule has 0 saturated heterocycles. The van der Waals surface area contributed by atoms with E-state index >= 15 is 0 Å². The summed E-state index contributed by atoms with van der Waals surface area (Å²) in [5.74, 6) is -1.94. The maximum atomic E-state index is 13.9. The highest BCUT2D eigenvalue weighted by atomic mass is 16.6. The number of hydrogen-bond acceptors (Lipinski definition) is 7. The van der Waals surface area contributed by atoms with Gasteiger partial charge in [0.15, 0.2) is 0 Å². The van der Waals surface area contributed by atoms with Crippen LogP contribution >= 0.6 is 0 Å². The zero-order valence-corrected chi connectivity index (χ0v) is 30.8. The molecule has 0 radical (unpaired) electrons. The van der Waals surface area contributed by atoms with Gasteiger partial charge < -0.3 is 30.1 Å². The number of carbonyl (C=O) groups excluding carboxylic acids is 4. The van der Waals surface area contributed by atoms with Crippen LogP contribution in [0.1, 0.15) is 79.5 Å². The van der Waals surface area contributed by atoms with Crippen molar-refractivity contribution >= 4 is 23.9 Å². The zero-order chi connectivity index (χ0) is 38.1. The second kappa shape index (κ2) is 17.7. The van der Waals surface area contributed by atoms with Gasteiger partial charge in [0.05, 0.1) is 24.1 Å². The van der Waals surface area contributed by atoms with E-state index in [1.807, 2.05) is 60.7 Å². The molecule has 3 amide bonds. The van der Waals surface area contributed by atoms with Crippen LogP contribution in [0.3, 0.4) is 0 Å². The Morgan fingerprint density at radius 2 is 1.54 bits per heavy atom. The van der Waals surface area contributed by atoms with E-state index in [4.69, 9.17) is 9.47 Å². The molecule has 1 fully saturated rings. The Balaban J connectivity index is 1.06. The number of aliphatic hydroxyl groups excluding tert-OH is 1. The van der Waals surface area contributed by atoms with Gasteiger partial charge in [-0.1, -0.05) is 97.8 Å². The van der Waals surface area contributed by atoms with Crippen molar-refractivity contribution in [3.05, 3.63) is 120 Å². The third-order valence-electron chi connectivity index (χ3n) is 11.1. The molecule has 1 saturated carbocycles. The standard InChI is InChI=1S/C44H51N3O7/c1-3-5-21-39(45-43(52)53-28-38-36-19-10-8-17-34(36)35-18-9-11-20-37(35)38)42(51)54-29-44(22-12-13-23-44)46-41(50)31(14-4-2)25-40(49)47-26-32-16-7-6-15-30(32)24-33(47)27-48/h3-4,6-11,15-20,31,33,38-39,48H,1-2,5,12-14,21-29H2,(H,45,52)(H,46,50)/t31-,33+,39+/m1/s1. The number of benzene rings is 3. The highest BCUT2D eigenvalue weighted by Gasteiger charge is 2.40. The van der Waals surface area contributed by atoms with Gasteiger partial charge in [-0.05, 0) is 71.9 Å². The first kappa shape index (κ1) is 38.5. The van der Waals surface area contributed by atoms with Gasteiger partial charge in [-0.3, -0.25) is 9.59 Å². The quantitative estimate of drug-likeness (QED) is 0.115. The molecule has 3 aromatic rings. The van der Waals surface area contributed by atoms with Gasteiger partial charge in [-0.25, -0.2) is 9.59 Å². The van der Waals surface area contributed by atoms with Crippen LogP contribution in [0, 0.1) is 5.92 Å². The van der Waals surface area contributed by atoms with Crippen molar-refractivity contribution in [1.29, 1.82) is 0 Å². The molecule has 3 atom stereocenters. The molecule has 54 heavy (non-hydrogen) atoms. The van der Waals surface area contributed by atoms with E-state index in [9.17, 15) is 24.3 Å². The van der Waals surface area contributed by atoms with E-state index in [1.54, 1.807) is 17.1 Å². The van der Waals surface area contributed by atoms with E-state index in [0.29, 0.717) is 32.2 Å². The van der Waals surface area contributed by atoms with Gasteiger partial charge in [0.1, 0.15) is 19.3 Å². The molecule has 6 rings (SSSR count). The lowest BCUT2D eigenvalue weighted by atomic mass is 9.91. The Bertz CT molecular complexity index is 1810. The molecule has 3 aliphatic rings. The predicted octanol–water partition coefficient (Wildman–Crippen LogP) is 6.36. The topological polar surface area (TPSA) is 134 Å². The van der Waals surface area contributed by atoms with Crippen molar-refractivity contribution in [1.82, 2.24) is 15.5 Å². The first-order valence-corrected chi connectivity index (χ1v) is 19.0. The van der Waals surface area contributed by atoms with Gasteiger partial charge in [0.2, 0.25) is 11.8 Å². The number of amides is 3. The molecule has 284 valence electrons. The maximum absolute atomic E-state index is 13.9. The Morgan fingerprint density at radius 1 is 0.889 bits per heavy atom. The number of alkyl carbamates (subject to hydrolysis) is 1. The summed E-state index contributed by atoms with van der Waals surface area (Å²) in [7, 11) is 0. The van der Waals surface area contributed by atoms with Crippen molar-refractivity contribution in [3.8, 4) is 11.1 Å². The van der Waals surface area contributed by atoms with Crippen LogP contribution < -0.4 is 10.6 Å². The lowest BCUT2D eigenvalue weighted by molar-refractivity contribution is -0.149. The van der Waals surface area contributed by atoms with Crippen LogP contribution in [-0.4, -0.2) is 71.3 Å². The molecule has 0 spiro atoms. The smallest absolute Gasteiger partial charge is 0.407 e. The monoisotopic (exact) mass is 733 g/mol. The molecular formula is C44H51N3O7. The molecule has 1 heterocycles. The average molecular weight is 734 g/mol. The highest BCUT2D eigenvalue weighted by Crippen LogP contribution is 2.44. The minimum Gasteiger partial charge on any atom is -0.462 e. The van der Waals surface area contributed by atoms with E-state index in [1.165, 1.54) is 0 Å². The van der Waals surface area contributed by atoms with E-state index in [2.05, 4.69) is 35.9 Å². The molecule has 2 aliphatic carbocycles. The van der Waals surface area contributed by atoms with Crippen molar-refractivity contribution in [2.45, 2.75) is 87.9 Å². The number of rotatable bonds is 16. The zero-order valence-electron chi connectivity index (χ0n) is 30.8. The SMILES string of the molecule is C=CCC[C@H](NC(=O)OCC1c2ccccc2-c2ccccc21)C(=O)OCC1(NC(=O)[C@H](CC=C)CC(=O)N2Cc3ccccc3C[C@H]2CO)CCCC1. The Hall–Kier alpha value is -5.22. The third-order valence-corrected chi connectivity index (χ3v) is 11.1. The van der Waals surface area contributed by atoms with E-state index < -0.39 is 29.6 Å². The van der Waals surface area contributed by atoms with Crippen molar-refractivity contribution in [2.24, 2.45) is 5.92 Å². The number of hydrogen-bond donors (Lipinski definition) is 3.